The van der Waals surface area contributed by atoms with Crippen LogP contribution in [0.25, 0.3) is 10.9 Å². The first kappa shape index (κ1) is 18.6. The van der Waals surface area contributed by atoms with Gasteiger partial charge in [0.1, 0.15) is 5.75 Å². The molecule has 4 rings (SSSR count). The van der Waals surface area contributed by atoms with Crippen LogP contribution in [0.15, 0.2) is 84.9 Å². The molecule has 0 spiro atoms. The van der Waals surface area contributed by atoms with Gasteiger partial charge in [-0.2, -0.15) is 0 Å². The second kappa shape index (κ2) is 8.10. The van der Waals surface area contributed by atoms with Gasteiger partial charge in [0.05, 0.1) is 5.56 Å². The van der Waals surface area contributed by atoms with Crippen LogP contribution in [0.3, 0.4) is 0 Å². The minimum absolute atomic E-state index is 0.135. The van der Waals surface area contributed by atoms with Gasteiger partial charge in [-0.25, -0.2) is 0 Å². The maximum absolute atomic E-state index is 12.9. The highest BCUT2D eigenvalue weighted by Crippen LogP contribution is 2.26. The van der Waals surface area contributed by atoms with E-state index >= 15 is 0 Å². The lowest BCUT2D eigenvalue weighted by atomic mass is 10.1. The van der Waals surface area contributed by atoms with Gasteiger partial charge >= 0.3 is 0 Å². The lowest BCUT2D eigenvalue weighted by Gasteiger charge is -2.14. The highest BCUT2D eigenvalue weighted by atomic mass is 16.3. The molecule has 3 aromatic rings. The average Bonchev–Trinajstić information content (AvgIpc) is 2.88. The van der Waals surface area contributed by atoms with Crippen LogP contribution >= 0.6 is 0 Å². The van der Waals surface area contributed by atoms with E-state index in [2.05, 4.69) is 27.3 Å². The predicted octanol–water partition coefficient (Wildman–Crippen LogP) is 4.38. The zero-order valence-electron chi connectivity index (χ0n) is 16.2. The van der Waals surface area contributed by atoms with Crippen LogP contribution in [0.4, 0.5) is 0 Å². The van der Waals surface area contributed by atoms with E-state index in [1.807, 2.05) is 55.8 Å². The van der Waals surface area contributed by atoms with Gasteiger partial charge in [0.25, 0.3) is 5.91 Å². The van der Waals surface area contributed by atoms with E-state index in [-0.39, 0.29) is 11.7 Å². The number of aromatic hydroxyl groups is 1. The van der Waals surface area contributed by atoms with Crippen LogP contribution in [-0.2, 0) is 6.42 Å². The number of benzene rings is 2. The minimum Gasteiger partial charge on any atom is -0.508 e. The first-order valence-corrected chi connectivity index (χ1v) is 9.59. The molecular formula is C24H23N3O2. The number of nitrogens with zero attached hydrogens (tertiary/aromatic N) is 1. The number of hydrogen-bond donors (Lipinski definition) is 3. The van der Waals surface area contributed by atoms with Crippen molar-refractivity contribution < 1.29 is 9.90 Å². The number of aryl methyl sites for hydroxylation is 1. The van der Waals surface area contributed by atoms with Crippen molar-refractivity contribution >= 4 is 16.8 Å². The summed E-state index contributed by atoms with van der Waals surface area (Å²) in [4.78, 5) is 18.2. The number of carbonyl (C=O) groups excluding carboxylic acids is 1. The van der Waals surface area contributed by atoms with E-state index in [9.17, 15) is 9.90 Å². The quantitative estimate of drug-likeness (QED) is 0.610. The number of nitrogens with one attached hydrogen (secondary N) is 2. The largest absolute Gasteiger partial charge is 0.508 e. The molecule has 146 valence electrons. The molecule has 0 atom stereocenters. The molecular weight excluding hydrogens is 362 g/mol. The third kappa shape index (κ3) is 4.24. The maximum atomic E-state index is 12.9. The smallest absolute Gasteiger partial charge is 0.258 e. The number of aromatic nitrogens is 1. The number of carbonyl (C=O) groups is 1. The van der Waals surface area contributed by atoms with Crippen molar-refractivity contribution in [1.29, 1.82) is 0 Å². The highest BCUT2D eigenvalue weighted by Gasteiger charge is 2.17. The molecule has 2 heterocycles. The Morgan fingerprint density at radius 1 is 1.14 bits per heavy atom. The molecule has 0 bridgehead atoms. The van der Waals surface area contributed by atoms with Crippen molar-refractivity contribution in [3.63, 3.8) is 0 Å². The predicted molar refractivity (Wildman–Crippen MR) is 115 cm³/mol. The van der Waals surface area contributed by atoms with E-state index in [4.69, 9.17) is 0 Å². The number of H-pyrrole nitrogens is 1. The van der Waals surface area contributed by atoms with Crippen LogP contribution in [-0.4, -0.2) is 27.4 Å². The van der Waals surface area contributed by atoms with Crippen molar-refractivity contribution in [3.05, 3.63) is 102 Å². The van der Waals surface area contributed by atoms with Crippen molar-refractivity contribution in [3.8, 4) is 5.75 Å². The molecule has 29 heavy (non-hydrogen) atoms. The molecule has 0 saturated carbocycles. The summed E-state index contributed by atoms with van der Waals surface area (Å²) in [5.41, 5.74) is 4.13. The zero-order valence-corrected chi connectivity index (χ0v) is 16.2. The van der Waals surface area contributed by atoms with Gasteiger partial charge < -0.3 is 20.3 Å². The standard InChI is InChI=1S/C24H23N3O2/c1-17-23(21-16-20(28)9-10-22(21)25-17)24(29)26-19-8-5-13-27(15-12-19)14-11-18-6-3-2-4-7-18/h2-10,12-13,15-16,25,28H,11,14H2,1H3,(H,26,29). The fraction of sp³-hybridized carbons (Fsp3) is 0.125. The summed E-state index contributed by atoms with van der Waals surface area (Å²) in [6.45, 7) is 2.71. The van der Waals surface area contributed by atoms with Crippen LogP contribution in [0, 0.1) is 6.92 Å². The highest BCUT2D eigenvalue weighted by molar-refractivity contribution is 6.09. The molecule has 5 nitrogen and oxygen atoms in total. The second-order valence-electron chi connectivity index (χ2n) is 7.06. The van der Waals surface area contributed by atoms with Crippen molar-refractivity contribution in [2.24, 2.45) is 0 Å². The number of hydrogen-bond acceptors (Lipinski definition) is 3. The Morgan fingerprint density at radius 3 is 2.79 bits per heavy atom. The minimum atomic E-state index is -0.207. The number of aromatic amines is 1. The molecule has 2 aromatic carbocycles. The summed E-state index contributed by atoms with van der Waals surface area (Å²) in [7, 11) is 0. The Hall–Kier alpha value is -3.73. The zero-order chi connectivity index (χ0) is 20.2. The summed E-state index contributed by atoms with van der Waals surface area (Å²) in [6.07, 6.45) is 10.6. The van der Waals surface area contributed by atoms with Gasteiger partial charge in [0.2, 0.25) is 0 Å². The third-order valence-corrected chi connectivity index (χ3v) is 4.95. The first-order chi connectivity index (χ1) is 14.1. The number of amides is 1. The van der Waals surface area contributed by atoms with Crippen molar-refractivity contribution in [2.75, 3.05) is 6.54 Å². The van der Waals surface area contributed by atoms with Crippen LogP contribution in [0.5, 0.6) is 5.75 Å². The van der Waals surface area contributed by atoms with Gasteiger partial charge in [0.15, 0.2) is 0 Å². The van der Waals surface area contributed by atoms with Gasteiger partial charge in [-0.1, -0.05) is 30.3 Å². The summed E-state index contributed by atoms with van der Waals surface area (Å²) < 4.78 is 0. The number of allylic oxidation sites excluding steroid dienone is 3. The maximum Gasteiger partial charge on any atom is 0.258 e. The van der Waals surface area contributed by atoms with Gasteiger partial charge in [-0.3, -0.25) is 4.79 Å². The summed E-state index contributed by atoms with van der Waals surface area (Å²) in [5, 5.41) is 13.5. The molecule has 0 aliphatic carbocycles. The van der Waals surface area contributed by atoms with E-state index < -0.39 is 0 Å². The molecule has 1 aromatic heterocycles. The first-order valence-electron chi connectivity index (χ1n) is 9.59. The summed E-state index contributed by atoms with van der Waals surface area (Å²) in [6, 6.07) is 15.3. The Bertz CT molecular complexity index is 1120. The number of phenols is 1. The van der Waals surface area contributed by atoms with Gasteiger partial charge in [-0.15, -0.1) is 0 Å². The second-order valence-corrected chi connectivity index (χ2v) is 7.06. The van der Waals surface area contributed by atoms with E-state index in [1.54, 1.807) is 18.2 Å². The van der Waals surface area contributed by atoms with E-state index in [0.29, 0.717) is 16.6 Å². The SMILES string of the molecule is Cc1[nH]c2ccc(O)cc2c1C(=O)NC1=CC=CN(CCc2ccccc2)C=C1. The molecule has 0 fully saturated rings. The molecule has 1 amide bonds. The third-order valence-electron chi connectivity index (χ3n) is 4.95. The van der Waals surface area contributed by atoms with E-state index in [1.165, 1.54) is 5.56 Å². The molecule has 1 aliphatic heterocycles. The number of phenolic OH excluding ortho intramolecular Hbond substituents is 1. The molecule has 0 saturated heterocycles. The summed E-state index contributed by atoms with van der Waals surface area (Å²) >= 11 is 0. The Morgan fingerprint density at radius 2 is 1.97 bits per heavy atom. The molecule has 5 heteroatoms. The van der Waals surface area contributed by atoms with Gasteiger partial charge in [0, 0.05) is 41.2 Å². The van der Waals surface area contributed by atoms with Crippen LogP contribution < -0.4 is 5.32 Å². The Labute approximate surface area is 169 Å². The fourth-order valence-electron chi connectivity index (χ4n) is 3.47. The normalized spacial score (nSPS) is 13.4. The van der Waals surface area contributed by atoms with Crippen molar-refractivity contribution in [2.45, 2.75) is 13.3 Å². The molecule has 0 unspecified atom stereocenters. The van der Waals surface area contributed by atoms with Crippen LogP contribution in [0.2, 0.25) is 0 Å². The van der Waals surface area contributed by atoms with Gasteiger partial charge in [-0.05, 0) is 55.3 Å². The Balaban J connectivity index is 1.44. The average molecular weight is 385 g/mol. The molecule has 0 radical (unpaired) electrons. The number of rotatable bonds is 5. The lowest BCUT2D eigenvalue weighted by Crippen LogP contribution is -2.22. The lowest BCUT2D eigenvalue weighted by molar-refractivity contribution is 0.0968. The number of fused-ring (bicyclic) bond motifs is 1. The topological polar surface area (TPSA) is 68.4 Å². The van der Waals surface area contributed by atoms with E-state index in [0.717, 1.165) is 24.2 Å². The molecule has 3 N–H and O–H groups in total. The fourth-order valence-corrected chi connectivity index (χ4v) is 3.47. The molecule has 1 aliphatic rings. The van der Waals surface area contributed by atoms with Crippen molar-refractivity contribution in [1.82, 2.24) is 15.2 Å². The van der Waals surface area contributed by atoms with Crippen LogP contribution in [0.1, 0.15) is 21.6 Å². The Kier molecular flexibility index (Phi) is 5.20. The summed E-state index contributed by atoms with van der Waals surface area (Å²) in [5.74, 6) is -0.0718. The monoisotopic (exact) mass is 385 g/mol.